The Kier molecular flexibility index (Phi) is 4.80. The van der Waals surface area contributed by atoms with E-state index >= 15 is 0 Å². The zero-order valence-electron chi connectivity index (χ0n) is 14.7. The molecule has 0 bridgehead atoms. The zero-order valence-corrected chi connectivity index (χ0v) is 16.2. The minimum absolute atomic E-state index is 0.0755. The summed E-state index contributed by atoms with van der Waals surface area (Å²) < 4.78 is 0. The van der Waals surface area contributed by atoms with Gasteiger partial charge >= 0.3 is 0 Å². The highest BCUT2D eigenvalue weighted by molar-refractivity contribution is 6.61. The lowest BCUT2D eigenvalue weighted by Crippen LogP contribution is -2.52. The molecule has 3 aromatic carbocycles. The molecule has 0 aromatic heterocycles. The second kappa shape index (κ2) is 7.27. The predicted octanol–water partition coefficient (Wildman–Crippen LogP) is 5.34. The molecular formula is C23H15Cl2NO2. The van der Waals surface area contributed by atoms with Crippen LogP contribution in [0.2, 0.25) is 0 Å². The van der Waals surface area contributed by atoms with Crippen LogP contribution >= 0.6 is 23.2 Å². The minimum atomic E-state index is -1.92. The Bertz CT molecular complexity index is 1070. The molecule has 1 heterocycles. The van der Waals surface area contributed by atoms with Gasteiger partial charge in [-0.15, -0.1) is 0 Å². The van der Waals surface area contributed by atoms with E-state index in [9.17, 15) is 9.59 Å². The number of rotatable bonds is 3. The van der Waals surface area contributed by atoms with Crippen LogP contribution in [0.3, 0.4) is 0 Å². The van der Waals surface area contributed by atoms with E-state index in [0.717, 1.165) is 0 Å². The van der Waals surface area contributed by atoms with Gasteiger partial charge in [-0.3, -0.25) is 14.5 Å². The van der Waals surface area contributed by atoms with Crippen LogP contribution in [0.15, 0.2) is 96.0 Å². The van der Waals surface area contributed by atoms with Gasteiger partial charge in [0.05, 0.1) is 5.70 Å². The molecule has 0 fully saturated rings. The van der Waals surface area contributed by atoms with Gasteiger partial charge in [0.15, 0.2) is 0 Å². The quantitative estimate of drug-likeness (QED) is 0.433. The first kappa shape index (κ1) is 18.5. The number of hydrogen-bond donors (Lipinski definition) is 0. The maximum absolute atomic E-state index is 13.7. The Hall–Kier alpha value is -2.88. The Morgan fingerprint density at radius 3 is 1.79 bits per heavy atom. The van der Waals surface area contributed by atoms with Gasteiger partial charge in [-0.1, -0.05) is 102 Å². The third kappa shape index (κ3) is 2.84. The second-order valence-corrected chi connectivity index (χ2v) is 7.30. The average molecular weight is 408 g/mol. The van der Waals surface area contributed by atoms with Gasteiger partial charge in [-0.2, -0.15) is 0 Å². The van der Waals surface area contributed by atoms with E-state index in [-0.39, 0.29) is 5.03 Å². The minimum Gasteiger partial charge on any atom is -0.290 e. The number of halogens is 2. The molecule has 3 nitrogen and oxygen atoms in total. The first-order valence-electron chi connectivity index (χ1n) is 8.69. The summed E-state index contributed by atoms with van der Waals surface area (Å²) in [5, 5.41) is -0.0755. The Morgan fingerprint density at radius 1 is 0.714 bits per heavy atom. The number of Topliss-reactive ketones (excluding diaryl/α,β-unsaturated/α-hetero) is 1. The molecule has 1 amide bonds. The molecule has 0 radical (unpaired) electrons. The molecule has 0 unspecified atom stereocenters. The van der Waals surface area contributed by atoms with E-state index < -0.39 is 16.6 Å². The molecule has 4 rings (SSSR count). The van der Waals surface area contributed by atoms with Crippen LogP contribution in [0.1, 0.15) is 11.1 Å². The molecular weight excluding hydrogens is 393 g/mol. The fourth-order valence-corrected chi connectivity index (χ4v) is 4.00. The first-order chi connectivity index (χ1) is 13.5. The molecule has 1 aliphatic heterocycles. The summed E-state index contributed by atoms with van der Waals surface area (Å²) in [5.41, 5.74) is 1.95. The van der Waals surface area contributed by atoms with E-state index in [1.807, 2.05) is 36.4 Å². The third-order valence-corrected chi connectivity index (χ3v) is 5.58. The van der Waals surface area contributed by atoms with Gasteiger partial charge in [-0.05, 0) is 17.7 Å². The smallest absolute Gasteiger partial charge is 0.265 e. The normalized spacial score (nSPS) is 19.9. The van der Waals surface area contributed by atoms with E-state index in [4.69, 9.17) is 23.2 Å². The average Bonchev–Trinajstić information content (AvgIpc) is 2.76. The van der Waals surface area contributed by atoms with Gasteiger partial charge in [0.25, 0.3) is 5.91 Å². The van der Waals surface area contributed by atoms with E-state index in [1.54, 1.807) is 54.6 Å². The number of hydrogen-bond acceptors (Lipinski definition) is 2. The lowest BCUT2D eigenvalue weighted by molar-refractivity contribution is -0.129. The Morgan fingerprint density at radius 2 is 1.21 bits per heavy atom. The van der Waals surface area contributed by atoms with Crippen molar-refractivity contribution in [2.24, 2.45) is 0 Å². The highest BCUT2D eigenvalue weighted by Gasteiger charge is 2.54. The van der Waals surface area contributed by atoms with Crippen LogP contribution in [-0.2, 0) is 14.5 Å². The molecule has 0 saturated heterocycles. The van der Waals surface area contributed by atoms with Crippen LogP contribution in [0.4, 0.5) is 5.69 Å². The first-order valence-corrected chi connectivity index (χ1v) is 9.45. The number of anilines is 1. The van der Waals surface area contributed by atoms with Crippen molar-refractivity contribution < 1.29 is 9.59 Å². The number of alkyl halides is 1. The van der Waals surface area contributed by atoms with E-state index in [2.05, 4.69) is 0 Å². The lowest BCUT2D eigenvalue weighted by Gasteiger charge is -2.38. The zero-order chi connectivity index (χ0) is 19.7. The van der Waals surface area contributed by atoms with Crippen molar-refractivity contribution in [2.45, 2.75) is 4.87 Å². The van der Waals surface area contributed by atoms with Crippen LogP contribution < -0.4 is 4.90 Å². The van der Waals surface area contributed by atoms with Crippen molar-refractivity contribution in [1.82, 2.24) is 0 Å². The number of carbonyl (C=O) groups excluding carboxylic acids is 2. The van der Waals surface area contributed by atoms with Crippen LogP contribution in [0, 0.1) is 0 Å². The fourth-order valence-electron chi connectivity index (χ4n) is 3.31. The summed E-state index contributed by atoms with van der Waals surface area (Å²) >= 11 is 13.3. The van der Waals surface area contributed by atoms with E-state index in [1.165, 1.54) is 4.90 Å². The molecule has 0 N–H and O–H groups in total. The molecule has 0 spiro atoms. The van der Waals surface area contributed by atoms with Crippen molar-refractivity contribution in [1.29, 1.82) is 0 Å². The number of para-hydroxylation sites is 1. The van der Waals surface area contributed by atoms with Crippen molar-refractivity contribution in [3.8, 4) is 0 Å². The standard InChI is InChI=1S/C23H15Cl2NO2/c24-19-20(16-10-4-1-5-11-16)26(18-14-8-3-9-15-18)22(28)23(25,21(19)27)17-12-6-2-7-13-17/h1-15H/t23-/m0/s1. The number of amides is 1. The summed E-state index contributed by atoms with van der Waals surface area (Å²) in [5.74, 6) is -1.18. The van der Waals surface area contributed by atoms with Crippen molar-refractivity contribution >= 4 is 46.3 Å². The molecule has 28 heavy (non-hydrogen) atoms. The predicted molar refractivity (Wildman–Crippen MR) is 112 cm³/mol. The fraction of sp³-hybridized carbons (Fsp3) is 0.0435. The molecule has 138 valence electrons. The van der Waals surface area contributed by atoms with Crippen molar-refractivity contribution in [3.63, 3.8) is 0 Å². The monoisotopic (exact) mass is 407 g/mol. The highest BCUT2D eigenvalue weighted by Crippen LogP contribution is 2.46. The van der Waals surface area contributed by atoms with Crippen molar-refractivity contribution in [2.75, 3.05) is 4.90 Å². The SMILES string of the molecule is O=C1C(Cl)=C(c2ccccc2)N(c2ccccc2)C(=O)[C@]1(Cl)c1ccccc1. The van der Waals surface area contributed by atoms with Gasteiger partial charge in [0.1, 0.15) is 5.03 Å². The van der Waals surface area contributed by atoms with Crippen LogP contribution in [0.5, 0.6) is 0 Å². The third-order valence-electron chi connectivity index (χ3n) is 4.67. The van der Waals surface area contributed by atoms with E-state index in [0.29, 0.717) is 22.5 Å². The largest absolute Gasteiger partial charge is 0.290 e. The molecule has 1 atom stereocenters. The summed E-state index contributed by atoms with van der Waals surface area (Å²) in [6, 6.07) is 26.7. The number of ketones is 1. The number of carbonyl (C=O) groups is 2. The molecule has 3 aromatic rings. The van der Waals surface area contributed by atoms with Gasteiger partial charge in [0.2, 0.25) is 10.7 Å². The van der Waals surface area contributed by atoms with Crippen molar-refractivity contribution in [3.05, 3.63) is 107 Å². The highest BCUT2D eigenvalue weighted by atomic mass is 35.5. The molecule has 1 aliphatic rings. The maximum Gasteiger partial charge on any atom is 0.265 e. The van der Waals surface area contributed by atoms with Crippen LogP contribution in [0.25, 0.3) is 5.70 Å². The molecule has 0 saturated carbocycles. The molecule has 0 aliphatic carbocycles. The Labute approximate surface area is 172 Å². The Balaban J connectivity index is 2.00. The number of allylic oxidation sites excluding steroid dienone is 1. The summed E-state index contributed by atoms with van der Waals surface area (Å²) in [6.07, 6.45) is 0. The summed E-state index contributed by atoms with van der Waals surface area (Å²) in [4.78, 5) is 26.4. The van der Waals surface area contributed by atoms with Crippen LogP contribution in [-0.4, -0.2) is 11.7 Å². The van der Waals surface area contributed by atoms with Gasteiger partial charge in [0, 0.05) is 11.3 Å². The number of benzene rings is 3. The molecule has 5 heteroatoms. The lowest BCUT2D eigenvalue weighted by atomic mass is 9.87. The van der Waals surface area contributed by atoms with Gasteiger partial charge < -0.3 is 0 Å². The topological polar surface area (TPSA) is 37.4 Å². The summed E-state index contributed by atoms with van der Waals surface area (Å²) in [7, 11) is 0. The van der Waals surface area contributed by atoms with Gasteiger partial charge in [-0.25, -0.2) is 0 Å². The summed E-state index contributed by atoms with van der Waals surface area (Å²) in [6.45, 7) is 0. The maximum atomic E-state index is 13.7. The number of nitrogens with zero attached hydrogens (tertiary/aromatic N) is 1. The second-order valence-electron chi connectivity index (χ2n) is 6.36.